The number of nitrogens with two attached hydrogens (primary N) is 1. The third kappa shape index (κ3) is 4.80. The zero-order valence-electron chi connectivity index (χ0n) is 14.3. The van der Waals surface area contributed by atoms with Crippen LogP contribution in [-0.2, 0) is 0 Å². The van der Waals surface area contributed by atoms with Gasteiger partial charge in [-0.3, -0.25) is 9.78 Å². The number of aromatic nitrogens is 1. The maximum atomic E-state index is 12.4. The van der Waals surface area contributed by atoms with Crippen LogP contribution < -0.4 is 15.8 Å². The van der Waals surface area contributed by atoms with Crippen LogP contribution in [-0.4, -0.2) is 30.6 Å². The van der Waals surface area contributed by atoms with Gasteiger partial charge >= 0.3 is 0 Å². The average Bonchev–Trinajstić information content (AvgIpc) is 2.65. The molecule has 1 amide bonds. The van der Waals surface area contributed by atoms with E-state index in [0.29, 0.717) is 12.1 Å². The smallest absolute Gasteiger partial charge is 0.253 e. The number of carbonyl (C=O) groups excluding carboxylic acids is 1. The minimum Gasteiger partial charge on any atom is -0.497 e. The summed E-state index contributed by atoms with van der Waals surface area (Å²) in [7, 11) is 1.63. The first-order valence-electron chi connectivity index (χ1n) is 8.28. The highest BCUT2D eigenvalue weighted by molar-refractivity contribution is 5.95. The third-order valence-corrected chi connectivity index (χ3v) is 3.95. The van der Waals surface area contributed by atoms with Crippen molar-refractivity contribution < 1.29 is 9.53 Å². The molecule has 0 radical (unpaired) electrons. The minimum atomic E-state index is -0.135. The van der Waals surface area contributed by atoms with E-state index in [9.17, 15) is 4.79 Å². The molecule has 3 N–H and O–H groups in total. The minimum absolute atomic E-state index is 0.00194. The molecule has 0 aliphatic heterocycles. The van der Waals surface area contributed by atoms with Gasteiger partial charge in [0.05, 0.1) is 12.7 Å². The van der Waals surface area contributed by atoms with Crippen LogP contribution in [0.1, 0.15) is 36.5 Å². The van der Waals surface area contributed by atoms with Gasteiger partial charge in [-0.1, -0.05) is 31.9 Å². The van der Waals surface area contributed by atoms with E-state index in [1.165, 1.54) is 0 Å². The predicted octanol–water partition coefficient (Wildman–Crippen LogP) is 3.00. The molecule has 0 aliphatic rings. The fourth-order valence-corrected chi connectivity index (χ4v) is 2.47. The van der Waals surface area contributed by atoms with Crippen molar-refractivity contribution in [2.75, 3.05) is 13.7 Å². The first-order valence-corrected chi connectivity index (χ1v) is 8.28. The predicted molar refractivity (Wildman–Crippen MR) is 96.1 cm³/mol. The quantitative estimate of drug-likeness (QED) is 0.781. The summed E-state index contributed by atoms with van der Waals surface area (Å²) in [4.78, 5) is 16.6. The number of hydrogen-bond donors (Lipinski definition) is 2. The van der Waals surface area contributed by atoms with Gasteiger partial charge in [-0.05, 0) is 30.2 Å². The van der Waals surface area contributed by atoms with Crippen molar-refractivity contribution in [2.24, 2.45) is 5.73 Å². The molecule has 128 valence electrons. The molecule has 1 atom stereocenters. The van der Waals surface area contributed by atoms with E-state index < -0.39 is 0 Å². The topological polar surface area (TPSA) is 77.2 Å². The fraction of sp³-hybridized carbons (Fsp3) is 0.368. The van der Waals surface area contributed by atoms with Gasteiger partial charge in [-0.25, -0.2) is 0 Å². The lowest BCUT2D eigenvalue weighted by atomic mass is 10.1. The maximum Gasteiger partial charge on any atom is 0.253 e. The Hall–Kier alpha value is -2.40. The molecule has 0 saturated heterocycles. The number of nitrogens with zero attached hydrogens (tertiary/aromatic N) is 1. The molecular formula is C19H25N3O2. The highest BCUT2D eigenvalue weighted by Crippen LogP contribution is 2.22. The van der Waals surface area contributed by atoms with Crippen LogP contribution in [0.5, 0.6) is 5.75 Å². The largest absolute Gasteiger partial charge is 0.497 e. The fourth-order valence-electron chi connectivity index (χ4n) is 2.47. The number of methoxy groups -OCH3 is 1. The van der Waals surface area contributed by atoms with Crippen LogP contribution in [0.15, 0.2) is 42.7 Å². The van der Waals surface area contributed by atoms with Crippen LogP contribution >= 0.6 is 0 Å². The lowest BCUT2D eigenvalue weighted by Crippen LogP contribution is -2.40. The molecule has 5 nitrogen and oxygen atoms in total. The zero-order valence-corrected chi connectivity index (χ0v) is 14.3. The Morgan fingerprint density at radius 1 is 1.25 bits per heavy atom. The van der Waals surface area contributed by atoms with Crippen LogP contribution in [0.2, 0.25) is 0 Å². The van der Waals surface area contributed by atoms with Gasteiger partial charge in [0.25, 0.3) is 5.91 Å². The van der Waals surface area contributed by atoms with Crippen molar-refractivity contribution in [2.45, 2.75) is 32.2 Å². The van der Waals surface area contributed by atoms with Crippen LogP contribution in [0.25, 0.3) is 11.1 Å². The lowest BCUT2D eigenvalue weighted by molar-refractivity contribution is 0.0935. The Bertz CT molecular complexity index is 656. The Balaban J connectivity index is 2.12. The van der Waals surface area contributed by atoms with E-state index in [0.717, 1.165) is 36.1 Å². The summed E-state index contributed by atoms with van der Waals surface area (Å²) >= 11 is 0. The molecule has 0 spiro atoms. The van der Waals surface area contributed by atoms with Gasteiger partial charge in [0.1, 0.15) is 5.75 Å². The summed E-state index contributed by atoms with van der Waals surface area (Å²) in [6.45, 7) is 2.56. The first kappa shape index (κ1) is 17.9. The van der Waals surface area contributed by atoms with Gasteiger partial charge in [0.15, 0.2) is 0 Å². The molecule has 24 heavy (non-hydrogen) atoms. The number of pyridine rings is 1. The van der Waals surface area contributed by atoms with Crippen LogP contribution in [0, 0.1) is 0 Å². The van der Waals surface area contributed by atoms with Crippen LogP contribution in [0.3, 0.4) is 0 Å². The Morgan fingerprint density at radius 3 is 2.62 bits per heavy atom. The number of ether oxygens (including phenoxy) is 1. The molecule has 1 aromatic carbocycles. The molecule has 0 fully saturated rings. The highest BCUT2D eigenvalue weighted by Gasteiger charge is 2.13. The molecule has 0 aliphatic carbocycles. The van der Waals surface area contributed by atoms with E-state index in [1.54, 1.807) is 19.5 Å². The third-order valence-electron chi connectivity index (χ3n) is 3.95. The Morgan fingerprint density at radius 2 is 2.00 bits per heavy atom. The van der Waals surface area contributed by atoms with Crippen molar-refractivity contribution in [1.82, 2.24) is 10.3 Å². The summed E-state index contributed by atoms with van der Waals surface area (Å²) in [5, 5.41) is 2.99. The SMILES string of the molecule is CCCCC(CN)NC(=O)c1cncc(-c2ccc(OC)cc2)c1. The first-order chi connectivity index (χ1) is 11.7. The highest BCUT2D eigenvalue weighted by atomic mass is 16.5. The van der Waals surface area contributed by atoms with Crippen molar-refractivity contribution in [3.8, 4) is 16.9 Å². The van der Waals surface area contributed by atoms with Crippen LogP contribution in [0.4, 0.5) is 0 Å². The van der Waals surface area contributed by atoms with Gasteiger partial charge in [0, 0.05) is 30.5 Å². The van der Waals surface area contributed by atoms with Crippen molar-refractivity contribution >= 4 is 5.91 Å². The van der Waals surface area contributed by atoms with Gasteiger partial charge in [-0.15, -0.1) is 0 Å². The summed E-state index contributed by atoms with van der Waals surface area (Å²) < 4.78 is 5.16. The molecule has 1 aromatic heterocycles. The van der Waals surface area contributed by atoms with Crippen molar-refractivity contribution in [1.29, 1.82) is 0 Å². The molecule has 5 heteroatoms. The number of amides is 1. The molecule has 0 saturated carbocycles. The molecule has 1 heterocycles. The number of rotatable bonds is 8. The molecular weight excluding hydrogens is 302 g/mol. The van der Waals surface area contributed by atoms with Gasteiger partial charge in [-0.2, -0.15) is 0 Å². The van der Waals surface area contributed by atoms with E-state index in [2.05, 4.69) is 17.2 Å². The summed E-state index contributed by atoms with van der Waals surface area (Å²) in [6.07, 6.45) is 6.35. The average molecular weight is 327 g/mol. The van der Waals surface area contributed by atoms with Gasteiger partial charge in [0.2, 0.25) is 0 Å². The Labute approximate surface area is 143 Å². The maximum absolute atomic E-state index is 12.4. The number of unbranched alkanes of at least 4 members (excludes halogenated alkanes) is 1. The number of nitrogens with one attached hydrogen (secondary N) is 1. The number of hydrogen-bond acceptors (Lipinski definition) is 4. The number of benzene rings is 1. The summed E-state index contributed by atoms with van der Waals surface area (Å²) in [5.41, 5.74) is 8.16. The van der Waals surface area contributed by atoms with Gasteiger partial charge < -0.3 is 15.8 Å². The zero-order chi connectivity index (χ0) is 17.4. The standard InChI is InChI=1S/C19H25N3O2/c1-3-4-5-17(11-20)22-19(23)16-10-15(12-21-13-16)14-6-8-18(24-2)9-7-14/h6-10,12-13,17H,3-5,11,20H2,1-2H3,(H,22,23). The van der Waals surface area contributed by atoms with Crippen molar-refractivity contribution in [3.05, 3.63) is 48.3 Å². The van der Waals surface area contributed by atoms with E-state index in [-0.39, 0.29) is 11.9 Å². The lowest BCUT2D eigenvalue weighted by Gasteiger charge is -2.16. The molecule has 2 rings (SSSR count). The second kappa shape index (κ2) is 9.03. The van der Waals surface area contributed by atoms with E-state index in [4.69, 9.17) is 10.5 Å². The molecule has 0 bridgehead atoms. The number of carbonyl (C=O) groups is 1. The Kier molecular flexibility index (Phi) is 6.75. The normalized spacial score (nSPS) is 11.8. The second-order valence-electron chi connectivity index (χ2n) is 5.74. The monoisotopic (exact) mass is 327 g/mol. The molecule has 1 unspecified atom stereocenters. The second-order valence-corrected chi connectivity index (χ2v) is 5.74. The summed E-state index contributed by atoms with van der Waals surface area (Å²) in [6, 6.07) is 9.51. The van der Waals surface area contributed by atoms with Crippen molar-refractivity contribution in [3.63, 3.8) is 0 Å². The van der Waals surface area contributed by atoms with E-state index >= 15 is 0 Å². The molecule has 2 aromatic rings. The summed E-state index contributed by atoms with van der Waals surface area (Å²) in [5.74, 6) is 0.659. The van der Waals surface area contributed by atoms with E-state index in [1.807, 2.05) is 30.3 Å².